The van der Waals surface area contributed by atoms with Crippen LogP contribution in [0.1, 0.15) is 84.0 Å². The largest absolute Gasteiger partial charge is 0.370 e. The molecule has 5 amide bonds. The highest BCUT2D eigenvalue weighted by atomic mass is 16.2. The normalized spacial score (nSPS) is 12.6. The number of unbranched alkanes of at least 4 members (excludes halogenated alkanes) is 6. The van der Waals surface area contributed by atoms with E-state index in [1.807, 2.05) is 0 Å². The summed E-state index contributed by atoms with van der Waals surface area (Å²) in [4.78, 5) is 58.3. The van der Waals surface area contributed by atoms with Gasteiger partial charge in [-0.05, 0) is 19.3 Å². The highest BCUT2D eigenvalue weighted by Gasteiger charge is 2.26. The summed E-state index contributed by atoms with van der Waals surface area (Å²) < 4.78 is 0. The van der Waals surface area contributed by atoms with E-state index in [1.165, 1.54) is 19.3 Å². The average Bonchev–Trinajstić information content (AvgIpc) is 2.66. The highest BCUT2D eigenvalue weighted by Crippen LogP contribution is 2.09. The van der Waals surface area contributed by atoms with Gasteiger partial charge in [0.05, 0.1) is 0 Å². The summed E-state index contributed by atoms with van der Waals surface area (Å²) in [5, 5.41) is 5.00. The molecule has 0 heterocycles. The van der Waals surface area contributed by atoms with Crippen molar-refractivity contribution in [1.82, 2.24) is 10.6 Å². The van der Waals surface area contributed by atoms with E-state index in [2.05, 4.69) is 17.6 Å². The molecule has 2 atom stereocenters. The maximum Gasteiger partial charge on any atom is 0.243 e. The first kappa shape index (κ1) is 27.4. The second kappa shape index (κ2) is 16.2. The van der Waals surface area contributed by atoms with E-state index in [4.69, 9.17) is 17.2 Å². The molecule has 0 aliphatic carbocycles. The van der Waals surface area contributed by atoms with Gasteiger partial charge in [-0.1, -0.05) is 45.4 Å². The third kappa shape index (κ3) is 14.4. The number of hydrogen-bond donors (Lipinski definition) is 5. The Labute approximate surface area is 178 Å². The molecule has 172 valence electrons. The van der Waals surface area contributed by atoms with Crippen molar-refractivity contribution in [3.63, 3.8) is 0 Å². The number of rotatable bonds is 18. The molecule has 30 heavy (non-hydrogen) atoms. The van der Waals surface area contributed by atoms with E-state index in [1.54, 1.807) is 0 Å². The van der Waals surface area contributed by atoms with Crippen LogP contribution >= 0.6 is 0 Å². The molecule has 0 aromatic carbocycles. The molecule has 0 aliphatic rings. The summed E-state index contributed by atoms with van der Waals surface area (Å²) in [6.07, 6.45) is 7.34. The van der Waals surface area contributed by atoms with Crippen molar-refractivity contribution in [3.8, 4) is 0 Å². The second-order valence-electron chi connectivity index (χ2n) is 7.46. The third-order valence-electron chi connectivity index (χ3n) is 4.68. The van der Waals surface area contributed by atoms with Crippen molar-refractivity contribution in [3.05, 3.63) is 0 Å². The van der Waals surface area contributed by atoms with Crippen LogP contribution in [0.15, 0.2) is 0 Å². The fourth-order valence-electron chi connectivity index (χ4n) is 2.91. The Balaban J connectivity index is 4.66. The molecule has 0 saturated heterocycles. The highest BCUT2D eigenvalue weighted by molar-refractivity contribution is 5.92. The van der Waals surface area contributed by atoms with Crippen LogP contribution < -0.4 is 27.8 Å². The van der Waals surface area contributed by atoms with E-state index < -0.39 is 35.7 Å². The zero-order chi connectivity index (χ0) is 22.9. The predicted molar refractivity (Wildman–Crippen MR) is 113 cm³/mol. The van der Waals surface area contributed by atoms with Crippen molar-refractivity contribution in [2.24, 2.45) is 17.2 Å². The monoisotopic (exact) mass is 427 g/mol. The molecule has 0 aromatic heterocycles. The maximum absolute atomic E-state index is 12.5. The van der Waals surface area contributed by atoms with Gasteiger partial charge in [-0.2, -0.15) is 0 Å². The molecule has 0 aliphatic heterocycles. The molecule has 0 aromatic rings. The standard InChI is InChI=1S/C20H37N5O5/c1-2-3-4-5-6-7-8-9-18(28)24-15(11-13-17(22)27)20(30)25-14(19(23)29)10-12-16(21)26/h14-15H,2-13H2,1H3,(H2,21,26)(H2,22,27)(H2,23,29)(H,24,28)(H,25,30). The van der Waals surface area contributed by atoms with Gasteiger partial charge in [0.25, 0.3) is 0 Å². The zero-order valence-electron chi connectivity index (χ0n) is 17.9. The van der Waals surface area contributed by atoms with Gasteiger partial charge >= 0.3 is 0 Å². The van der Waals surface area contributed by atoms with Crippen LogP contribution in [0, 0.1) is 0 Å². The lowest BCUT2D eigenvalue weighted by molar-refractivity contribution is -0.132. The number of hydrogen-bond acceptors (Lipinski definition) is 5. The first-order valence-electron chi connectivity index (χ1n) is 10.6. The lowest BCUT2D eigenvalue weighted by Gasteiger charge is -2.21. The van der Waals surface area contributed by atoms with Gasteiger partial charge in [0, 0.05) is 19.3 Å². The molecule has 10 heteroatoms. The molecule has 0 spiro atoms. The number of carbonyl (C=O) groups is 5. The lowest BCUT2D eigenvalue weighted by atomic mass is 10.1. The second-order valence-corrected chi connectivity index (χ2v) is 7.46. The van der Waals surface area contributed by atoms with Crippen LogP contribution in [0.5, 0.6) is 0 Å². The Kier molecular flexibility index (Phi) is 14.8. The van der Waals surface area contributed by atoms with E-state index in [9.17, 15) is 24.0 Å². The molecule has 2 unspecified atom stereocenters. The fourth-order valence-corrected chi connectivity index (χ4v) is 2.91. The van der Waals surface area contributed by atoms with Crippen LogP contribution in [0.2, 0.25) is 0 Å². The van der Waals surface area contributed by atoms with Crippen LogP contribution in [0.25, 0.3) is 0 Å². The molecule has 10 nitrogen and oxygen atoms in total. The minimum Gasteiger partial charge on any atom is -0.370 e. The molecule has 0 saturated carbocycles. The molecule has 0 fully saturated rings. The van der Waals surface area contributed by atoms with Crippen molar-refractivity contribution in [1.29, 1.82) is 0 Å². The van der Waals surface area contributed by atoms with Crippen LogP contribution in [0.4, 0.5) is 0 Å². The summed E-state index contributed by atoms with van der Waals surface area (Å²) in [5.74, 6) is -3.07. The van der Waals surface area contributed by atoms with Crippen LogP contribution in [-0.4, -0.2) is 41.6 Å². The number of nitrogens with one attached hydrogen (secondary N) is 2. The van der Waals surface area contributed by atoms with Gasteiger partial charge in [0.2, 0.25) is 29.5 Å². The SMILES string of the molecule is CCCCCCCCCC(=O)NC(CCC(N)=O)C(=O)NC(CCC(N)=O)C(N)=O. The quantitative estimate of drug-likeness (QED) is 0.194. The Morgan fingerprint density at radius 1 is 0.667 bits per heavy atom. The summed E-state index contributed by atoms with van der Waals surface area (Å²) in [6, 6.07) is -2.15. The fraction of sp³-hybridized carbons (Fsp3) is 0.750. The molecule has 0 radical (unpaired) electrons. The van der Waals surface area contributed by atoms with Gasteiger partial charge < -0.3 is 27.8 Å². The van der Waals surface area contributed by atoms with E-state index in [0.29, 0.717) is 6.42 Å². The Bertz CT molecular complexity index is 582. The van der Waals surface area contributed by atoms with Crippen LogP contribution in [-0.2, 0) is 24.0 Å². The van der Waals surface area contributed by atoms with Crippen LogP contribution in [0.3, 0.4) is 0 Å². The Morgan fingerprint density at radius 2 is 1.17 bits per heavy atom. The smallest absolute Gasteiger partial charge is 0.243 e. The van der Waals surface area contributed by atoms with Gasteiger partial charge in [0.15, 0.2) is 0 Å². The number of nitrogens with two attached hydrogens (primary N) is 3. The van der Waals surface area contributed by atoms with Gasteiger partial charge in [0.1, 0.15) is 12.1 Å². The molecule has 8 N–H and O–H groups in total. The third-order valence-corrected chi connectivity index (χ3v) is 4.68. The van der Waals surface area contributed by atoms with Crippen molar-refractivity contribution < 1.29 is 24.0 Å². The summed E-state index contributed by atoms with van der Waals surface area (Å²) >= 11 is 0. The molecule has 0 rings (SSSR count). The topological polar surface area (TPSA) is 187 Å². The van der Waals surface area contributed by atoms with Crippen molar-refractivity contribution in [2.45, 2.75) is 96.1 Å². The maximum atomic E-state index is 12.5. The Hall–Kier alpha value is -2.65. The Morgan fingerprint density at radius 3 is 1.67 bits per heavy atom. The minimum atomic E-state index is -1.11. The van der Waals surface area contributed by atoms with E-state index >= 15 is 0 Å². The van der Waals surface area contributed by atoms with Gasteiger partial charge in [-0.15, -0.1) is 0 Å². The summed E-state index contributed by atoms with van der Waals surface area (Å²) in [7, 11) is 0. The zero-order valence-corrected chi connectivity index (χ0v) is 17.9. The number of carbonyl (C=O) groups excluding carboxylic acids is 5. The molecule has 0 bridgehead atoms. The number of primary amides is 3. The van der Waals surface area contributed by atoms with Crippen molar-refractivity contribution in [2.75, 3.05) is 0 Å². The van der Waals surface area contributed by atoms with Gasteiger partial charge in [-0.3, -0.25) is 24.0 Å². The molecular weight excluding hydrogens is 390 g/mol. The molecular formula is C20H37N5O5. The summed E-state index contributed by atoms with van der Waals surface area (Å²) in [6.45, 7) is 2.15. The number of amides is 5. The van der Waals surface area contributed by atoms with E-state index in [-0.39, 0.29) is 38.0 Å². The average molecular weight is 428 g/mol. The first-order chi connectivity index (χ1) is 14.2. The first-order valence-corrected chi connectivity index (χ1v) is 10.6. The van der Waals surface area contributed by atoms with Crippen molar-refractivity contribution >= 4 is 29.5 Å². The predicted octanol–water partition coefficient (Wildman–Crippen LogP) is 0.113. The minimum absolute atomic E-state index is 0.00870. The van der Waals surface area contributed by atoms with Gasteiger partial charge in [-0.25, -0.2) is 0 Å². The van der Waals surface area contributed by atoms with E-state index in [0.717, 1.165) is 19.3 Å². The summed E-state index contributed by atoms with van der Waals surface area (Å²) in [5.41, 5.74) is 15.5. The lowest BCUT2D eigenvalue weighted by Crippen LogP contribution is -2.53.